The third-order valence-electron chi connectivity index (χ3n) is 4.82. The minimum Gasteiger partial charge on any atom is -0.352 e. The molecular formula is C12H23N3O+2. The Bertz CT molecular complexity index is 301. The van der Waals surface area contributed by atoms with Crippen molar-refractivity contribution in [1.29, 1.82) is 0 Å². The first kappa shape index (κ1) is 10.5. The first-order chi connectivity index (χ1) is 7.57. The minimum absolute atomic E-state index is 0.146. The number of piperidine rings is 2. The molecule has 2 unspecified atom stereocenters. The summed E-state index contributed by atoms with van der Waals surface area (Å²) in [6, 6.07) is 0.426. The second-order valence-electron chi connectivity index (χ2n) is 6.35. The Labute approximate surface area is 97.0 Å². The minimum atomic E-state index is 0.146. The molecule has 0 aromatic carbocycles. The molecule has 4 heteroatoms. The molecule has 4 aliphatic rings. The highest BCUT2D eigenvalue weighted by atomic mass is 16.1. The van der Waals surface area contributed by atoms with Crippen molar-refractivity contribution in [3.63, 3.8) is 0 Å². The molecule has 4 bridgehead atoms. The van der Waals surface area contributed by atoms with Crippen LogP contribution in [0.25, 0.3) is 0 Å². The van der Waals surface area contributed by atoms with E-state index in [0.29, 0.717) is 17.4 Å². The predicted octanol–water partition coefficient (Wildman–Crippen LogP) is -3.08. The van der Waals surface area contributed by atoms with Gasteiger partial charge in [0.05, 0.1) is 43.6 Å². The van der Waals surface area contributed by atoms with Crippen molar-refractivity contribution in [3.05, 3.63) is 0 Å². The fraction of sp³-hybridized carbons (Fsp3) is 0.917. The van der Waals surface area contributed by atoms with Gasteiger partial charge in [-0.05, 0) is 6.92 Å². The lowest BCUT2D eigenvalue weighted by Gasteiger charge is -2.49. The Morgan fingerprint density at radius 3 is 2.25 bits per heavy atom. The maximum Gasteiger partial charge on any atom is 0.217 e. The van der Waals surface area contributed by atoms with Gasteiger partial charge in [0.15, 0.2) is 0 Å². The largest absolute Gasteiger partial charge is 0.352 e. The number of amides is 1. The van der Waals surface area contributed by atoms with Crippen molar-refractivity contribution in [3.8, 4) is 0 Å². The van der Waals surface area contributed by atoms with E-state index in [1.807, 2.05) is 0 Å². The third-order valence-corrected chi connectivity index (χ3v) is 4.82. The average Bonchev–Trinajstić information content (AvgIpc) is 2.39. The average molecular weight is 225 g/mol. The van der Waals surface area contributed by atoms with Crippen molar-refractivity contribution >= 4 is 5.91 Å². The van der Waals surface area contributed by atoms with E-state index < -0.39 is 0 Å². The summed E-state index contributed by atoms with van der Waals surface area (Å²) >= 11 is 0. The molecule has 0 aliphatic carbocycles. The monoisotopic (exact) mass is 225 g/mol. The van der Waals surface area contributed by atoms with Gasteiger partial charge in [-0.25, -0.2) is 0 Å². The second kappa shape index (κ2) is 3.44. The molecule has 4 aliphatic heterocycles. The van der Waals surface area contributed by atoms with E-state index in [-0.39, 0.29) is 5.91 Å². The molecule has 0 aromatic rings. The van der Waals surface area contributed by atoms with Gasteiger partial charge in [0.1, 0.15) is 13.1 Å². The molecule has 1 amide bonds. The number of nitrogens with one attached hydrogen (secondary N) is 3. The molecule has 0 radical (unpaired) electrons. The van der Waals surface area contributed by atoms with Gasteiger partial charge >= 0.3 is 0 Å². The van der Waals surface area contributed by atoms with Gasteiger partial charge in [0.2, 0.25) is 5.91 Å². The first-order valence-corrected chi connectivity index (χ1v) is 6.51. The van der Waals surface area contributed by atoms with Crippen LogP contribution in [0.3, 0.4) is 0 Å². The van der Waals surface area contributed by atoms with Crippen LogP contribution < -0.4 is 15.1 Å². The smallest absolute Gasteiger partial charge is 0.217 e. The lowest BCUT2D eigenvalue weighted by atomic mass is 9.69. The van der Waals surface area contributed by atoms with Crippen LogP contribution in [0.1, 0.15) is 13.8 Å². The summed E-state index contributed by atoms with van der Waals surface area (Å²) in [6.45, 7) is 11.7. The van der Waals surface area contributed by atoms with E-state index >= 15 is 0 Å². The van der Waals surface area contributed by atoms with Crippen LogP contribution in [0.2, 0.25) is 0 Å². The predicted molar refractivity (Wildman–Crippen MR) is 60.3 cm³/mol. The van der Waals surface area contributed by atoms with Gasteiger partial charge in [0.25, 0.3) is 0 Å². The fourth-order valence-corrected chi connectivity index (χ4v) is 4.43. The maximum absolute atomic E-state index is 11.3. The third kappa shape index (κ3) is 1.55. The van der Waals surface area contributed by atoms with E-state index in [9.17, 15) is 4.79 Å². The van der Waals surface area contributed by atoms with Crippen LogP contribution >= 0.6 is 0 Å². The van der Waals surface area contributed by atoms with Gasteiger partial charge in [-0.3, -0.25) is 4.79 Å². The van der Waals surface area contributed by atoms with Crippen molar-refractivity contribution in [2.24, 2.45) is 11.3 Å². The Morgan fingerprint density at radius 1 is 1.25 bits per heavy atom. The molecule has 0 aromatic heterocycles. The molecule has 4 nitrogen and oxygen atoms in total. The van der Waals surface area contributed by atoms with Crippen LogP contribution in [0, 0.1) is 11.3 Å². The summed E-state index contributed by atoms with van der Waals surface area (Å²) in [4.78, 5) is 14.9. The number of hydrogen-bond donors (Lipinski definition) is 3. The maximum atomic E-state index is 11.3. The van der Waals surface area contributed by atoms with E-state index in [2.05, 4.69) is 12.2 Å². The van der Waals surface area contributed by atoms with E-state index in [4.69, 9.17) is 0 Å². The molecule has 0 saturated carbocycles. The quantitative estimate of drug-likeness (QED) is 0.435. The molecular weight excluding hydrogens is 202 g/mol. The van der Waals surface area contributed by atoms with Crippen LogP contribution in [-0.4, -0.2) is 51.2 Å². The molecule has 0 spiro atoms. The fourth-order valence-electron chi connectivity index (χ4n) is 4.43. The number of rotatable bonds is 1. The lowest BCUT2D eigenvalue weighted by molar-refractivity contribution is -0.918. The van der Waals surface area contributed by atoms with Gasteiger partial charge in [-0.15, -0.1) is 0 Å². The van der Waals surface area contributed by atoms with E-state index in [1.54, 1.807) is 16.7 Å². The Kier molecular flexibility index (Phi) is 2.27. The van der Waals surface area contributed by atoms with Gasteiger partial charge in [-0.2, -0.15) is 0 Å². The number of carbonyl (C=O) groups excluding carboxylic acids is 1. The summed E-state index contributed by atoms with van der Waals surface area (Å²) in [6.07, 6.45) is 0. The van der Waals surface area contributed by atoms with Crippen LogP contribution in [0.4, 0.5) is 0 Å². The summed E-state index contributed by atoms with van der Waals surface area (Å²) < 4.78 is 0. The molecule has 4 rings (SSSR count). The highest BCUT2D eigenvalue weighted by molar-refractivity contribution is 5.73. The van der Waals surface area contributed by atoms with Crippen molar-refractivity contribution in [2.45, 2.75) is 19.9 Å². The molecule has 4 fully saturated rings. The number of quaternary nitrogens is 2. The zero-order valence-electron chi connectivity index (χ0n) is 10.3. The van der Waals surface area contributed by atoms with Gasteiger partial charge < -0.3 is 15.1 Å². The second-order valence-corrected chi connectivity index (χ2v) is 6.35. The van der Waals surface area contributed by atoms with Crippen molar-refractivity contribution in [2.75, 3.05) is 39.3 Å². The molecule has 90 valence electrons. The zero-order valence-corrected chi connectivity index (χ0v) is 10.3. The molecule has 4 saturated heterocycles. The Balaban J connectivity index is 1.89. The topological polar surface area (TPSA) is 38.0 Å². The number of fused-ring (bicyclic) bond motifs is 1. The van der Waals surface area contributed by atoms with Crippen molar-refractivity contribution < 1.29 is 14.6 Å². The highest BCUT2D eigenvalue weighted by Crippen LogP contribution is 2.29. The first-order valence-electron chi connectivity index (χ1n) is 6.51. The number of carbonyl (C=O) groups is 1. The van der Waals surface area contributed by atoms with Crippen LogP contribution in [0.5, 0.6) is 0 Å². The zero-order chi connectivity index (χ0) is 11.3. The molecule has 4 heterocycles. The molecule has 3 N–H and O–H groups in total. The summed E-state index contributed by atoms with van der Waals surface area (Å²) in [5, 5.41) is 3.23. The summed E-state index contributed by atoms with van der Waals surface area (Å²) in [5.41, 5.74) is 0.327. The SMILES string of the molecule is CC(=O)N[C@H]1C2C[NH+]3CC[NH+](C2)CC1(C)C3. The van der Waals surface area contributed by atoms with Gasteiger partial charge in [-0.1, -0.05) is 0 Å². The van der Waals surface area contributed by atoms with E-state index in [0.717, 1.165) is 0 Å². The van der Waals surface area contributed by atoms with Gasteiger partial charge in [0, 0.05) is 6.92 Å². The standard InChI is InChI=1S/C12H21N3O/c1-9(16)13-11-10-5-14-3-4-15(6-10)8-12(11,2)7-14/h10-11H,3-8H2,1-2H3,(H,13,16)/p+2/t10?,11-,12?/m0/s1. The van der Waals surface area contributed by atoms with E-state index in [1.165, 1.54) is 39.3 Å². The summed E-state index contributed by atoms with van der Waals surface area (Å²) in [7, 11) is 0. The Hall–Kier alpha value is -0.610. The molecule has 16 heavy (non-hydrogen) atoms. The van der Waals surface area contributed by atoms with Crippen molar-refractivity contribution in [1.82, 2.24) is 5.32 Å². The molecule has 3 atom stereocenters. The normalized spacial score (nSPS) is 50.1. The van der Waals surface area contributed by atoms with Crippen LogP contribution in [-0.2, 0) is 4.79 Å². The van der Waals surface area contributed by atoms with Crippen LogP contribution in [0.15, 0.2) is 0 Å². The number of hydrogen-bond acceptors (Lipinski definition) is 1. The highest BCUT2D eigenvalue weighted by Gasteiger charge is 2.56. The summed E-state index contributed by atoms with van der Waals surface area (Å²) in [5.74, 6) is 0.844. The Morgan fingerprint density at radius 2 is 1.81 bits per heavy atom. The lowest BCUT2D eigenvalue weighted by Crippen LogP contribution is -3.17.